The van der Waals surface area contributed by atoms with Gasteiger partial charge in [-0.1, -0.05) is 11.6 Å². The van der Waals surface area contributed by atoms with Crippen molar-refractivity contribution in [2.45, 2.75) is 6.54 Å². The number of hydrogen-bond donors (Lipinski definition) is 1. The average Bonchev–Trinajstić information content (AvgIpc) is 2.82. The zero-order valence-corrected chi connectivity index (χ0v) is 9.85. The number of nitrogens with zero attached hydrogens (tertiary/aromatic N) is 3. The Bertz CT molecular complexity index is 528. The molecule has 2 aromatic rings. The van der Waals surface area contributed by atoms with Crippen LogP contribution in [0.1, 0.15) is 5.56 Å². The maximum atomic E-state index is 8.74. The molecule has 0 fully saturated rings. The molecule has 0 saturated carbocycles. The van der Waals surface area contributed by atoms with Gasteiger partial charge in [0.25, 0.3) is 0 Å². The molecule has 0 saturated heterocycles. The van der Waals surface area contributed by atoms with Gasteiger partial charge in [0.05, 0.1) is 17.1 Å². The molecule has 0 aliphatic carbocycles. The van der Waals surface area contributed by atoms with E-state index in [0.29, 0.717) is 10.6 Å². The van der Waals surface area contributed by atoms with Gasteiger partial charge in [0.1, 0.15) is 6.07 Å². The van der Waals surface area contributed by atoms with Crippen molar-refractivity contribution in [2.24, 2.45) is 0 Å². The Hall–Kier alpha value is -1.99. The third-order valence-corrected chi connectivity index (χ3v) is 2.63. The summed E-state index contributed by atoms with van der Waals surface area (Å²) in [6, 6.07) is 9.22. The summed E-state index contributed by atoms with van der Waals surface area (Å²) in [4.78, 5) is 0. The van der Waals surface area contributed by atoms with Gasteiger partial charge in [-0.2, -0.15) is 10.4 Å². The van der Waals surface area contributed by atoms with Gasteiger partial charge in [0, 0.05) is 24.6 Å². The predicted molar refractivity (Wildman–Crippen MR) is 66.9 cm³/mol. The second-order valence-corrected chi connectivity index (χ2v) is 3.91. The monoisotopic (exact) mass is 246 g/mol. The van der Waals surface area contributed by atoms with Crippen LogP contribution in [0.4, 0.5) is 5.69 Å². The van der Waals surface area contributed by atoms with Crippen LogP contribution in [-0.2, 0) is 6.54 Å². The molecule has 2 rings (SSSR count). The average molecular weight is 247 g/mol. The Kier molecular flexibility index (Phi) is 3.63. The SMILES string of the molecule is N#Cc1ccc(NCCn2cccn2)cc1Cl. The first-order valence-electron chi connectivity index (χ1n) is 5.20. The molecule has 0 atom stereocenters. The summed E-state index contributed by atoms with van der Waals surface area (Å²) < 4.78 is 1.85. The molecule has 0 radical (unpaired) electrons. The van der Waals surface area contributed by atoms with Gasteiger partial charge in [0.2, 0.25) is 0 Å². The van der Waals surface area contributed by atoms with Crippen LogP contribution in [-0.4, -0.2) is 16.3 Å². The highest BCUT2D eigenvalue weighted by Crippen LogP contribution is 2.19. The van der Waals surface area contributed by atoms with Crippen molar-refractivity contribution >= 4 is 17.3 Å². The van der Waals surface area contributed by atoms with E-state index in [1.807, 2.05) is 29.1 Å². The smallest absolute Gasteiger partial charge is 0.101 e. The van der Waals surface area contributed by atoms with E-state index < -0.39 is 0 Å². The summed E-state index contributed by atoms with van der Waals surface area (Å²) in [5, 5.41) is 16.5. The molecule has 0 spiro atoms. The number of benzene rings is 1. The topological polar surface area (TPSA) is 53.6 Å². The number of halogens is 1. The fourth-order valence-corrected chi connectivity index (χ4v) is 1.69. The first-order chi connectivity index (χ1) is 8.29. The van der Waals surface area contributed by atoms with Gasteiger partial charge in [-0.25, -0.2) is 0 Å². The Labute approximate surface area is 104 Å². The highest BCUT2D eigenvalue weighted by molar-refractivity contribution is 6.32. The van der Waals surface area contributed by atoms with Crippen molar-refractivity contribution in [1.82, 2.24) is 9.78 Å². The van der Waals surface area contributed by atoms with E-state index in [9.17, 15) is 0 Å². The number of hydrogen-bond acceptors (Lipinski definition) is 3. The van der Waals surface area contributed by atoms with Gasteiger partial charge >= 0.3 is 0 Å². The van der Waals surface area contributed by atoms with E-state index in [4.69, 9.17) is 16.9 Å². The van der Waals surface area contributed by atoms with Crippen LogP contribution in [0.3, 0.4) is 0 Å². The van der Waals surface area contributed by atoms with Crippen LogP contribution in [0.25, 0.3) is 0 Å². The summed E-state index contributed by atoms with van der Waals surface area (Å²) in [5.74, 6) is 0. The number of anilines is 1. The molecule has 86 valence electrons. The summed E-state index contributed by atoms with van der Waals surface area (Å²) >= 11 is 5.93. The lowest BCUT2D eigenvalue weighted by atomic mass is 10.2. The molecular weight excluding hydrogens is 236 g/mol. The minimum Gasteiger partial charge on any atom is -0.383 e. The van der Waals surface area contributed by atoms with Crippen LogP contribution < -0.4 is 5.32 Å². The third-order valence-electron chi connectivity index (χ3n) is 2.32. The summed E-state index contributed by atoms with van der Waals surface area (Å²) in [7, 11) is 0. The van der Waals surface area contributed by atoms with Crippen LogP contribution in [0.2, 0.25) is 5.02 Å². The van der Waals surface area contributed by atoms with Crippen LogP contribution in [0.15, 0.2) is 36.7 Å². The molecular formula is C12H11ClN4. The lowest BCUT2D eigenvalue weighted by Crippen LogP contribution is -2.10. The van der Waals surface area contributed by atoms with Crippen molar-refractivity contribution < 1.29 is 0 Å². The standard InChI is InChI=1S/C12H11ClN4/c13-12-8-11(3-2-10(12)9-14)15-5-7-17-6-1-4-16-17/h1-4,6,8,15H,5,7H2. The van der Waals surface area contributed by atoms with E-state index in [-0.39, 0.29) is 0 Å². The molecule has 0 unspecified atom stereocenters. The second-order valence-electron chi connectivity index (χ2n) is 3.50. The van der Waals surface area contributed by atoms with Crippen LogP contribution >= 0.6 is 11.6 Å². The lowest BCUT2D eigenvalue weighted by Gasteiger charge is -2.07. The van der Waals surface area contributed by atoms with Crippen molar-refractivity contribution in [2.75, 3.05) is 11.9 Å². The quantitative estimate of drug-likeness (QED) is 0.902. The summed E-state index contributed by atoms with van der Waals surface area (Å²) in [6.45, 7) is 1.54. The Morgan fingerprint density at radius 2 is 2.35 bits per heavy atom. The van der Waals surface area contributed by atoms with Crippen molar-refractivity contribution in [3.8, 4) is 6.07 Å². The third kappa shape index (κ3) is 2.99. The Morgan fingerprint density at radius 3 is 3.00 bits per heavy atom. The fraction of sp³-hybridized carbons (Fsp3) is 0.167. The minimum atomic E-state index is 0.469. The first-order valence-corrected chi connectivity index (χ1v) is 5.58. The van der Waals surface area contributed by atoms with Gasteiger partial charge in [-0.05, 0) is 24.3 Å². The maximum absolute atomic E-state index is 8.74. The summed E-state index contributed by atoms with van der Waals surface area (Å²) in [6.07, 6.45) is 3.66. The molecule has 1 N–H and O–H groups in total. The van der Waals surface area contributed by atoms with E-state index in [2.05, 4.69) is 10.4 Å². The van der Waals surface area contributed by atoms with Gasteiger partial charge in [-0.15, -0.1) is 0 Å². The van der Waals surface area contributed by atoms with Gasteiger partial charge in [-0.3, -0.25) is 4.68 Å². The highest BCUT2D eigenvalue weighted by Gasteiger charge is 2.00. The van der Waals surface area contributed by atoms with E-state index in [0.717, 1.165) is 18.8 Å². The first kappa shape index (κ1) is 11.5. The minimum absolute atomic E-state index is 0.469. The van der Waals surface area contributed by atoms with E-state index >= 15 is 0 Å². The zero-order valence-electron chi connectivity index (χ0n) is 9.10. The molecule has 0 aliphatic rings. The Morgan fingerprint density at radius 1 is 1.47 bits per heavy atom. The lowest BCUT2D eigenvalue weighted by molar-refractivity contribution is 0.638. The molecule has 1 aromatic heterocycles. The second kappa shape index (κ2) is 5.37. The molecule has 0 amide bonds. The number of rotatable bonds is 4. The number of aromatic nitrogens is 2. The van der Waals surface area contributed by atoms with Crippen molar-refractivity contribution in [3.05, 3.63) is 47.2 Å². The zero-order chi connectivity index (χ0) is 12.1. The highest BCUT2D eigenvalue weighted by atomic mass is 35.5. The van der Waals surface area contributed by atoms with Gasteiger partial charge in [0.15, 0.2) is 0 Å². The fourth-order valence-electron chi connectivity index (χ4n) is 1.46. The van der Waals surface area contributed by atoms with Crippen LogP contribution in [0.5, 0.6) is 0 Å². The molecule has 4 nitrogen and oxygen atoms in total. The molecule has 0 bridgehead atoms. The largest absolute Gasteiger partial charge is 0.383 e. The van der Waals surface area contributed by atoms with Crippen LogP contribution in [0, 0.1) is 11.3 Å². The normalized spacial score (nSPS) is 9.88. The van der Waals surface area contributed by atoms with Crippen molar-refractivity contribution in [1.29, 1.82) is 5.26 Å². The number of nitrogens with one attached hydrogen (secondary N) is 1. The molecule has 0 aliphatic heterocycles. The van der Waals surface area contributed by atoms with E-state index in [1.165, 1.54) is 0 Å². The molecule has 1 heterocycles. The summed E-state index contributed by atoms with van der Waals surface area (Å²) in [5.41, 5.74) is 1.39. The predicted octanol–water partition coefficient (Wildman–Crippen LogP) is 2.52. The van der Waals surface area contributed by atoms with E-state index in [1.54, 1.807) is 18.3 Å². The number of nitriles is 1. The molecule has 5 heteroatoms. The molecule has 1 aromatic carbocycles. The Balaban J connectivity index is 1.91. The van der Waals surface area contributed by atoms with Gasteiger partial charge < -0.3 is 5.32 Å². The molecule has 17 heavy (non-hydrogen) atoms. The van der Waals surface area contributed by atoms with Crippen molar-refractivity contribution in [3.63, 3.8) is 0 Å². The maximum Gasteiger partial charge on any atom is 0.101 e.